The SMILES string of the molecule is COc1ccc(-c2ccc3cnc(CN)cc3n2)cn1. The molecule has 0 unspecified atom stereocenters. The van der Waals surface area contributed by atoms with Gasteiger partial charge in [0.05, 0.1) is 24.0 Å². The fraction of sp³-hybridized carbons (Fsp3) is 0.133. The zero-order valence-electron chi connectivity index (χ0n) is 11.1. The van der Waals surface area contributed by atoms with E-state index in [2.05, 4.69) is 15.0 Å². The Balaban J connectivity index is 2.06. The zero-order chi connectivity index (χ0) is 13.9. The van der Waals surface area contributed by atoms with Crippen molar-refractivity contribution in [3.05, 3.63) is 48.4 Å². The van der Waals surface area contributed by atoms with Crippen molar-refractivity contribution in [2.24, 2.45) is 5.73 Å². The molecule has 2 N–H and O–H groups in total. The van der Waals surface area contributed by atoms with Crippen LogP contribution in [0.3, 0.4) is 0 Å². The van der Waals surface area contributed by atoms with E-state index in [1.54, 1.807) is 19.5 Å². The Morgan fingerprint density at radius 1 is 1.10 bits per heavy atom. The second-order valence-electron chi connectivity index (χ2n) is 4.36. The molecule has 20 heavy (non-hydrogen) atoms. The summed E-state index contributed by atoms with van der Waals surface area (Å²) in [4.78, 5) is 13.1. The Bertz CT molecular complexity index is 740. The largest absolute Gasteiger partial charge is 0.481 e. The second-order valence-corrected chi connectivity index (χ2v) is 4.36. The monoisotopic (exact) mass is 266 g/mol. The standard InChI is InChI=1S/C15H14N4O/c1-20-15-5-3-10(9-18-15)13-4-2-11-8-17-12(7-16)6-14(11)19-13/h2-6,8-9H,7,16H2,1H3. The normalized spacial score (nSPS) is 10.7. The van der Waals surface area contributed by atoms with Crippen LogP contribution in [0.25, 0.3) is 22.2 Å². The summed E-state index contributed by atoms with van der Waals surface area (Å²) in [6, 6.07) is 9.62. The quantitative estimate of drug-likeness (QED) is 0.786. The summed E-state index contributed by atoms with van der Waals surface area (Å²) in [7, 11) is 1.59. The number of fused-ring (bicyclic) bond motifs is 1. The van der Waals surface area contributed by atoms with Crippen LogP contribution in [0.15, 0.2) is 42.7 Å². The summed E-state index contributed by atoms with van der Waals surface area (Å²) in [5.74, 6) is 0.587. The van der Waals surface area contributed by atoms with E-state index >= 15 is 0 Å². The van der Waals surface area contributed by atoms with Gasteiger partial charge in [-0.05, 0) is 24.3 Å². The Morgan fingerprint density at radius 3 is 2.70 bits per heavy atom. The van der Waals surface area contributed by atoms with E-state index in [1.165, 1.54) is 0 Å². The molecule has 0 aromatic carbocycles. The van der Waals surface area contributed by atoms with Crippen molar-refractivity contribution >= 4 is 10.9 Å². The molecule has 3 aromatic heterocycles. The molecule has 3 aromatic rings. The highest BCUT2D eigenvalue weighted by atomic mass is 16.5. The number of methoxy groups -OCH3 is 1. The number of hydrogen-bond acceptors (Lipinski definition) is 5. The van der Waals surface area contributed by atoms with Crippen LogP contribution in [-0.2, 0) is 6.54 Å². The summed E-state index contributed by atoms with van der Waals surface area (Å²) in [5.41, 5.74) is 9.13. The van der Waals surface area contributed by atoms with Gasteiger partial charge < -0.3 is 10.5 Å². The number of hydrogen-bond donors (Lipinski definition) is 1. The smallest absolute Gasteiger partial charge is 0.212 e. The van der Waals surface area contributed by atoms with Gasteiger partial charge in [-0.3, -0.25) is 4.98 Å². The van der Waals surface area contributed by atoms with Gasteiger partial charge in [-0.1, -0.05) is 0 Å². The number of pyridine rings is 3. The minimum Gasteiger partial charge on any atom is -0.481 e. The summed E-state index contributed by atoms with van der Waals surface area (Å²) < 4.78 is 5.05. The van der Waals surface area contributed by atoms with Gasteiger partial charge in [0.1, 0.15) is 0 Å². The van der Waals surface area contributed by atoms with Crippen molar-refractivity contribution < 1.29 is 4.74 Å². The number of nitrogens with zero attached hydrogens (tertiary/aromatic N) is 3. The predicted molar refractivity (Wildman–Crippen MR) is 77.2 cm³/mol. The molecule has 0 bridgehead atoms. The van der Waals surface area contributed by atoms with Gasteiger partial charge >= 0.3 is 0 Å². The molecule has 0 saturated carbocycles. The van der Waals surface area contributed by atoms with E-state index < -0.39 is 0 Å². The average Bonchev–Trinajstić information content (AvgIpc) is 2.54. The third-order valence-corrected chi connectivity index (χ3v) is 3.08. The fourth-order valence-electron chi connectivity index (χ4n) is 1.98. The molecule has 5 heteroatoms. The third kappa shape index (κ3) is 2.31. The molecular formula is C15H14N4O. The van der Waals surface area contributed by atoms with Gasteiger partial charge in [-0.15, -0.1) is 0 Å². The molecule has 100 valence electrons. The molecule has 0 atom stereocenters. The summed E-state index contributed by atoms with van der Waals surface area (Å²) in [6.45, 7) is 0.409. The lowest BCUT2D eigenvalue weighted by Crippen LogP contribution is -1.99. The van der Waals surface area contributed by atoms with Gasteiger partial charge in [0.15, 0.2) is 0 Å². The topological polar surface area (TPSA) is 73.9 Å². The zero-order valence-corrected chi connectivity index (χ0v) is 11.1. The molecule has 3 heterocycles. The lowest BCUT2D eigenvalue weighted by atomic mass is 10.1. The highest BCUT2D eigenvalue weighted by Crippen LogP contribution is 2.21. The van der Waals surface area contributed by atoms with Crippen molar-refractivity contribution in [2.45, 2.75) is 6.54 Å². The summed E-state index contributed by atoms with van der Waals surface area (Å²) in [6.07, 6.45) is 3.54. The third-order valence-electron chi connectivity index (χ3n) is 3.08. The molecule has 0 radical (unpaired) electrons. The predicted octanol–water partition coefficient (Wildman–Crippen LogP) is 2.16. The first-order valence-corrected chi connectivity index (χ1v) is 6.26. The van der Waals surface area contributed by atoms with Gasteiger partial charge in [-0.2, -0.15) is 0 Å². The van der Waals surface area contributed by atoms with Crippen molar-refractivity contribution in [3.8, 4) is 17.1 Å². The Labute approximate surface area is 116 Å². The second kappa shape index (κ2) is 5.22. The van der Waals surface area contributed by atoms with Crippen molar-refractivity contribution in [2.75, 3.05) is 7.11 Å². The Morgan fingerprint density at radius 2 is 2.00 bits per heavy atom. The molecule has 0 aliphatic heterocycles. The van der Waals surface area contributed by atoms with E-state index in [1.807, 2.05) is 30.3 Å². The van der Waals surface area contributed by atoms with Gasteiger partial charge in [0, 0.05) is 36.0 Å². The van der Waals surface area contributed by atoms with E-state index in [0.717, 1.165) is 27.9 Å². The van der Waals surface area contributed by atoms with Gasteiger partial charge in [0.2, 0.25) is 5.88 Å². The van der Waals surface area contributed by atoms with E-state index in [0.29, 0.717) is 12.4 Å². The molecule has 5 nitrogen and oxygen atoms in total. The Kier molecular flexibility index (Phi) is 3.26. The van der Waals surface area contributed by atoms with Crippen molar-refractivity contribution in [1.29, 1.82) is 0 Å². The molecule has 0 amide bonds. The van der Waals surface area contributed by atoms with Crippen molar-refractivity contribution in [3.63, 3.8) is 0 Å². The average molecular weight is 266 g/mol. The molecule has 0 aliphatic carbocycles. The van der Waals surface area contributed by atoms with Crippen LogP contribution in [-0.4, -0.2) is 22.1 Å². The van der Waals surface area contributed by atoms with Crippen LogP contribution < -0.4 is 10.5 Å². The maximum absolute atomic E-state index is 5.61. The molecule has 0 saturated heterocycles. The molecule has 3 rings (SSSR count). The van der Waals surface area contributed by atoms with Gasteiger partial charge in [-0.25, -0.2) is 9.97 Å². The molecular weight excluding hydrogens is 252 g/mol. The Hall–Kier alpha value is -2.53. The molecule has 0 fully saturated rings. The minimum absolute atomic E-state index is 0.409. The summed E-state index contributed by atoms with van der Waals surface area (Å²) >= 11 is 0. The first kappa shape index (κ1) is 12.5. The minimum atomic E-state index is 0.409. The maximum Gasteiger partial charge on any atom is 0.212 e. The van der Waals surface area contributed by atoms with E-state index in [-0.39, 0.29) is 0 Å². The van der Waals surface area contributed by atoms with Crippen LogP contribution >= 0.6 is 0 Å². The van der Waals surface area contributed by atoms with Crippen LogP contribution in [0.4, 0.5) is 0 Å². The van der Waals surface area contributed by atoms with Gasteiger partial charge in [0.25, 0.3) is 0 Å². The number of rotatable bonds is 3. The van der Waals surface area contributed by atoms with E-state index in [9.17, 15) is 0 Å². The number of ether oxygens (including phenoxy) is 1. The highest BCUT2D eigenvalue weighted by molar-refractivity contribution is 5.81. The first-order valence-electron chi connectivity index (χ1n) is 6.26. The molecule has 0 spiro atoms. The summed E-state index contributed by atoms with van der Waals surface area (Å²) in [5, 5.41) is 0.993. The lowest BCUT2D eigenvalue weighted by molar-refractivity contribution is 0.398. The lowest BCUT2D eigenvalue weighted by Gasteiger charge is -2.05. The maximum atomic E-state index is 5.61. The number of nitrogens with two attached hydrogens (primary N) is 1. The fourth-order valence-corrected chi connectivity index (χ4v) is 1.98. The van der Waals surface area contributed by atoms with Crippen LogP contribution in [0, 0.1) is 0 Å². The molecule has 0 aliphatic rings. The first-order chi connectivity index (χ1) is 9.80. The highest BCUT2D eigenvalue weighted by Gasteiger charge is 2.04. The van der Waals surface area contributed by atoms with Crippen LogP contribution in [0.2, 0.25) is 0 Å². The number of aromatic nitrogens is 3. The van der Waals surface area contributed by atoms with Crippen LogP contribution in [0.1, 0.15) is 5.69 Å². The van der Waals surface area contributed by atoms with E-state index in [4.69, 9.17) is 10.5 Å². The van der Waals surface area contributed by atoms with Crippen LogP contribution in [0.5, 0.6) is 5.88 Å². The van der Waals surface area contributed by atoms with Crippen molar-refractivity contribution in [1.82, 2.24) is 15.0 Å².